The van der Waals surface area contributed by atoms with E-state index >= 15 is 0 Å². The predicted octanol–water partition coefficient (Wildman–Crippen LogP) is 4.43. The van der Waals surface area contributed by atoms with Gasteiger partial charge in [0.2, 0.25) is 0 Å². The summed E-state index contributed by atoms with van der Waals surface area (Å²) in [7, 11) is 0. The lowest BCUT2D eigenvalue weighted by Crippen LogP contribution is -1.82. The highest BCUT2D eigenvalue weighted by atomic mass is 35.5. The van der Waals surface area contributed by atoms with Crippen LogP contribution in [-0.2, 0) is 0 Å². The third kappa shape index (κ3) is 1.56. The van der Waals surface area contributed by atoms with Crippen LogP contribution in [0.3, 0.4) is 0 Å². The van der Waals surface area contributed by atoms with Crippen molar-refractivity contribution in [2.24, 2.45) is 0 Å². The second kappa shape index (κ2) is 3.80. The van der Waals surface area contributed by atoms with Crippen LogP contribution in [0.4, 0.5) is 0 Å². The molecule has 1 unspecified atom stereocenters. The Morgan fingerprint density at radius 3 is 1.94 bits per heavy atom. The molecule has 0 saturated heterocycles. The van der Waals surface area contributed by atoms with Crippen LogP contribution in [0.2, 0.25) is 0 Å². The smallest absolute Gasteiger partial charge is 0.0468 e. The van der Waals surface area contributed by atoms with Gasteiger partial charge >= 0.3 is 0 Å². The molecule has 0 N–H and O–H groups in total. The van der Waals surface area contributed by atoms with E-state index in [0.29, 0.717) is 5.92 Å². The summed E-state index contributed by atoms with van der Waals surface area (Å²) in [6.45, 7) is 0. The zero-order valence-corrected chi connectivity index (χ0v) is 9.48. The van der Waals surface area contributed by atoms with E-state index in [1.807, 2.05) is 24.3 Å². The fraction of sp³-hybridized carbons (Fsp3) is 0.0667. The maximum atomic E-state index is 6.27. The van der Waals surface area contributed by atoms with Gasteiger partial charge in [-0.05, 0) is 16.7 Å². The van der Waals surface area contributed by atoms with E-state index in [4.69, 9.17) is 11.6 Å². The summed E-state index contributed by atoms with van der Waals surface area (Å²) in [5, 5.41) is 0.984. The van der Waals surface area contributed by atoms with Crippen LogP contribution < -0.4 is 0 Å². The zero-order valence-electron chi connectivity index (χ0n) is 8.73. The molecule has 0 aliphatic heterocycles. The molecule has 1 aliphatic rings. The number of allylic oxidation sites excluding steroid dienone is 2. The molecule has 0 saturated carbocycles. The molecular formula is C15H11Cl. The third-order valence-corrected chi connectivity index (χ3v) is 3.36. The minimum Gasteiger partial charge on any atom is -0.0877 e. The van der Waals surface area contributed by atoms with Crippen molar-refractivity contribution in [3.8, 4) is 0 Å². The topological polar surface area (TPSA) is 0 Å². The first-order valence-corrected chi connectivity index (χ1v) is 5.75. The van der Waals surface area contributed by atoms with Crippen molar-refractivity contribution in [3.05, 3.63) is 76.8 Å². The second-order valence-corrected chi connectivity index (χ2v) is 4.38. The summed E-state index contributed by atoms with van der Waals surface area (Å²) in [4.78, 5) is 0. The summed E-state index contributed by atoms with van der Waals surface area (Å²) in [5.41, 5.74) is 3.79. The Kier molecular flexibility index (Phi) is 2.30. The van der Waals surface area contributed by atoms with E-state index in [9.17, 15) is 0 Å². The molecule has 0 aromatic heterocycles. The standard InChI is InChI=1S/C15H11Cl/c16-15-13(11-7-3-1-4-8-11)14(15)12-9-5-2-6-10-12/h1-10,13H. The number of rotatable bonds is 2. The van der Waals surface area contributed by atoms with Gasteiger partial charge in [0.05, 0.1) is 0 Å². The number of hydrogen-bond acceptors (Lipinski definition) is 0. The molecule has 3 rings (SSSR count). The molecule has 78 valence electrons. The van der Waals surface area contributed by atoms with E-state index in [0.717, 1.165) is 5.03 Å². The van der Waals surface area contributed by atoms with Crippen molar-refractivity contribution < 1.29 is 0 Å². The van der Waals surface area contributed by atoms with E-state index in [1.165, 1.54) is 16.7 Å². The number of halogens is 1. The monoisotopic (exact) mass is 226 g/mol. The van der Waals surface area contributed by atoms with Crippen molar-refractivity contribution in [1.29, 1.82) is 0 Å². The van der Waals surface area contributed by atoms with Crippen LogP contribution in [-0.4, -0.2) is 0 Å². The maximum Gasteiger partial charge on any atom is 0.0468 e. The molecule has 16 heavy (non-hydrogen) atoms. The highest BCUT2D eigenvalue weighted by Gasteiger charge is 2.37. The molecule has 0 bridgehead atoms. The zero-order chi connectivity index (χ0) is 11.0. The first-order valence-electron chi connectivity index (χ1n) is 5.38. The van der Waals surface area contributed by atoms with Crippen molar-refractivity contribution >= 4 is 17.2 Å². The van der Waals surface area contributed by atoms with Crippen molar-refractivity contribution in [2.75, 3.05) is 0 Å². The number of hydrogen-bond donors (Lipinski definition) is 0. The summed E-state index contributed by atoms with van der Waals surface area (Å²) >= 11 is 6.27. The predicted molar refractivity (Wildman–Crippen MR) is 68.4 cm³/mol. The van der Waals surface area contributed by atoms with E-state index in [1.54, 1.807) is 0 Å². The SMILES string of the molecule is ClC1=C(c2ccccc2)C1c1ccccc1. The van der Waals surface area contributed by atoms with Gasteiger partial charge in [-0.2, -0.15) is 0 Å². The molecule has 2 aromatic rings. The second-order valence-electron chi connectivity index (χ2n) is 3.97. The van der Waals surface area contributed by atoms with Crippen LogP contribution in [0.1, 0.15) is 17.0 Å². The van der Waals surface area contributed by atoms with E-state index < -0.39 is 0 Å². The van der Waals surface area contributed by atoms with Gasteiger partial charge < -0.3 is 0 Å². The van der Waals surface area contributed by atoms with Crippen molar-refractivity contribution in [3.63, 3.8) is 0 Å². The molecule has 1 atom stereocenters. The van der Waals surface area contributed by atoms with Gasteiger partial charge in [0, 0.05) is 11.0 Å². The van der Waals surface area contributed by atoms with Crippen LogP contribution in [0.15, 0.2) is 65.7 Å². The first-order chi connectivity index (χ1) is 7.88. The Morgan fingerprint density at radius 2 is 1.31 bits per heavy atom. The van der Waals surface area contributed by atoms with Crippen LogP contribution in [0.5, 0.6) is 0 Å². The fourth-order valence-corrected chi connectivity index (χ4v) is 2.48. The van der Waals surface area contributed by atoms with E-state index in [-0.39, 0.29) is 0 Å². The third-order valence-electron chi connectivity index (χ3n) is 2.93. The average Bonchev–Trinajstić information content (AvgIpc) is 3.03. The largest absolute Gasteiger partial charge is 0.0877 e. The highest BCUT2D eigenvalue weighted by molar-refractivity contribution is 6.39. The maximum absolute atomic E-state index is 6.27. The highest BCUT2D eigenvalue weighted by Crippen LogP contribution is 2.55. The lowest BCUT2D eigenvalue weighted by atomic mass is 10.0. The molecule has 1 aliphatic carbocycles. The molecule has 0 nitrogen and oxygen atoms in total. The quantitative estimate of drug-likeness (QED) is 0.711. The van der Waals surface area contributed by atoms with Crippen molar-refractivity contribution in [2.45, 2.75) is 5.92 Å². The Balaban J connectivity index is 1.91. The van der Waals surface area contributed by atoms with Gasteiger partial charge in [0.15, 0.2) is 0 Å². The fourth-order valence-electron chi connectivity index (χ4n) is 2.08. The minimum atomic E-state index is 0.324. The summed E-state index contributed by atoms with van der Waals surface area (Å²) in [5.74, 6) is 0.324. The summed E-state index contributed by atoms with van der Waals surface area (Å²) < 4.78 is 0. The summed E-state index contributed by atoms with van der Waals surface area (Å²) in [6.07, 6.45) is 0. The van der Waals surface area contributed by atoms with Gasteiger partial charge in [-0.15, -0.1) is 0 Å². The van der Waals surface area contributed by atoms with Crippen LogP contribution in [0, 0.1) is 0 Å². The van der Waals surface area contributed by atoms with Gasteiger partial charge in [-0.3, -0.25) is 0 Å². The van der Waals surface area contributed by atoms with Crippen molar-refractivity contribution in [1.82, 2.24) is 0 Å². The molecule has 0 heterocycles. The normalized spacial score (nSPS) is 18.7. The Morgan fingerprint density at radius 1 is 0.750 bits per heavy atom. The molecule has 0 spiro atoms. The Labute approximate surface area is 100 Å². The molecular weight excluding hydrogens is 216 g/mol. The van der Waals surface area contributed by atoms with Gasteiger partial charge in [-0.25, -0.2) is 0 Å². The first kappa shape index (κ1) is 9.68. The lowest BCUT2D eigenvalue weighted by molar-refractivity contribution is 1.23. The lowest BCUT2D eigenvalue weighted by Gasteiger charge is -2.00. The number of benzene rings is 2. The molecule has 0 radical (unpaired) electrons. The van der Waals surface area contributed by atoms with Gasteiger partial charge in [0.25, 0.3) is 0 Å². The van der Waals surface area contributed by atoms with Crippen LogP contribution in [0.25, 0.3) is 5.57 Å². The van der Waals surface area contributed by atoms with Gasteiger partial charge in [0.1, 0.15) is 0 Å². The molecule has 0 fully saturated rings. The molecule has 2 aromatic carbocycles. The van der Waals surface area contributed by atoms with E-state index in [2.05, 4.69) is 36.4 Å². The average molecular weight is 227 g/mol. The minimum absolute atomic E-state index is 0.324. The Bertz CT molecular complexity index is 526. The molecule has 0 amide bonds. The summed E-state index contributed by atoms with van der Waals surface area (Å²) in [6, 6.07) is 20.7. The van der Waals surface area contributed by atoms with Gasteiger partial charge in [-0.1, -0.05) is 72.3 Å². The van der Waals surface area contributed by atoms with Crippen LogP contribution >= 0.6 is 11.6 Å². The molecule has 1 heteroatoms. The Hall–Kier alpha value is -1.53.